The summed E-state index contributed by atoms with van der Waals surface area (Å²) in [4.78, 5) is 0. The van der Waals surface area contributed by atoms with Gasteiger partial charge in [-0.05, 0) is 19.3 Å². The predicted molar refractivity (Wildman–Crippen MR) is 43.4 cm³/mol. The third-order valence-electron chi connectivity index (χ3n) is 1.86. The molecule has 0 aliphatic heterocycles. The van der Waals surface area contributed by atoms with E-state index in [1.807, 2.05) is 6.92 Å². The van der Waals surface area contributed by atoms with Crippen LogP contribution >= 0.6 is 0 Å². The number of nitrogens with zero attached hydrogens (tertiary/aromatic N) is 2. The lowest BCUT2D eigenvalue weighted by atomic mass is 9.92. The zero-order valence-electron chi connectivity index (χ0n) is 7.17. The first-order chi connectivity index (χ1) is 5.24. The Hall–Kier alpha value is -1.02. The van der Waals surface area contributed by atoms with Crippen LogP contribution in [0.5, 0.6) is 0 Å². The maximum Gasteiger partial charge on any atom is 0.0652 e. The van der Waals surface area contributed by atoms with Crippen LogP contribution in [0.3, 0.4) is 0 Å². The van der Waals surface area contributed by atoms with Crippen LogP contribution in [0.4, 0.5) is 0 Å². The lowest BCUT2D eigenvalue weighted by molar-refractivity contribution is 0.432. The lowest BCUT2D eigenvalue weighted by Gasteiger charge is -2.10. The van der Waals surface area contributed by atoms with E-state index >= 15 is 0 Å². The van der Waals surface area contributed by atoms with E-state index in [0.717, 1.165) is 12.8 Å². The Labute approximate surface area is 68.4 Å². The Bertz CT molecular complexity index is 173. The second-order valence-electron chi connectivity index (χ2n) is 2.90. The van der Waals surface area contributed by atoms with E-state index in [9.17, 15) is 0 Å². The Morgan fingerprint density at radius 3 is 2.36 bits per heavy atom. The summed E-state index contributed by atoms with van der Waals surface area (Å²) in [6, 6.07) is 4.32. The fraction of sp³-hybridized carbons (Fsp3) is 0.778. The summed E-state index contributed by atoms with van der Waals surface area (Å²) in [5.74, 6) is 0.503. The van der Waals surface area contributed by atoms with E-state index in [0.29, 0.717) is 12.3 Å². The summed E-state index contributed by atoms with van der Waals surface area (Å²) >= 11 is 0. The van der Waals surface area contributed by atoms with Gasteiger partial charge >= 0.3 is 0 Å². The molecule has 0 aliphatic rings. The van der Waals surface area contributed by atoms with E-state index in [1.54, 1.807) is 0 Å². The molecule has 0 fully saturated rings. The number of hydrogen-bond acceptors (Lipinski definition) is 2. The molecule has 11 heavy (non-hydrogen) atoms. The van der Waals surface area contributed by atoms with Gasteiger partial charge in [-0.25, -0.2) is 0 Å². The van der Waals surface area contributed by atoms with Gasteiger partial charge in [0, 0.05) is 12.3 Å². The molecule has 0 spiro atoms. The van der Waals surface area contributed by atoms with Crippen molar-refractivity contribution in [3.8, 4) is 12.1 Å². The van der Waals surface area contributed by atoms with E-state index in [2.05, 4.69) is 19.1 Å². The summed E-state index contributed by atoms with van der Waals surface area (Å²) in [5.41, 5.74) is 0. The summed E-state index contributed by atoms with van der Waals surface area (Å²) in [6.07, 6.45) is 2.45. The summed E-state index contributed by atoms with van der Waals surface area (Å²) < 4.78 is 0. The Kier molecular flexibility index (Phi) is 5.21. The largest absolute Gasteiger partial charge is 0.198 e. The average molecular weight is 150 g/mol. The molecule has 0 aromatic rings. The standard InChI is InChI=1S/C9H14N2/c1-3-9(4-5-10)6-8(2)7-11/h8-9H,3-4,6H2,1-2H3. The quantitative estimate of drug-likeness (QED) is 0.618. The van der Waals surface area contributed by atoms with Crippen LogP contribution in [0.1, 0.15) is 33.1 Å². The molecule has 0 aromatic heterocycles. The average Bonchev–Trinajstić information content (AvgIpc) is 2.03. The van der Waals surface area contributed by atoms with Crippen molar-refractivity contribution in [1.82, 2.24) is 0 Å². The summed E-state index contributed by atoms with van der Waals surface area (Å²) in [7, 11) is 0. The van der Waals surface area contributed by atoms with Gasteiger partial charge in [-0.1, -0.05) is 13.3 Å². The van der Waals surface area contributed by atoms with Crippen molar-refractivity contribution in [2.45, 2.75) is 33.1 Å². The van der Waals surface area contributed by atoms with Crippen molar-refractivity contribution in [1.29, 1.82) is 10.5 Å². The molecule has 0 N–H and O–H groups in total. The minimum atomic E-state index is 0.0910. The number of rotatable bonds is 4. The fourth-order valence-electron chi connectivity index (χ4n) is 1.08. The van der Waals surface area contributed by atoms with Crippen LogP contribution in [0.15, 0.2) is 0 Å². The SMILES string of the molecule is CCC(CC#N)CC(C)C#N. The Morgan fingerprint density at radius 1 is 1.36 bits per heavy atom. The minimum absolute atomic E-state index is 0.0910. The maximum atomic E-state index is 8.51. The van der Waals surface area contributed by atoms with Gasteiger partial charge in [0.2, 0.25) is 0 Å². The molecule has 0 rings (SSSR count). The molecular weight excluding hydrogens is 136 g/mol. The van der Waals surface area contributed by atoms with Gasteiger partial charge in [0.25, 0.3) is 0 Å². The van der Waals surface area contributed by atoms with Crippen LogP contribution in [-0.2, 0) is 0 Å². The zero-order valence-corrected chi connectivity index (χ0v) is 7.17. The topological polar surface area (TPSA) is 47.6 Å². The van der Waals surface area contributed by atoms with Gasteiger partial charge in [-0.2, -0.15) is 10.5 Å². The van der Waals surface area contributed by atoms with Gasteiger partial charge in [0.1, 0.15) is 0 Å². The van der Waals surface area contributed by atoms with Crippen LogP contribution in [0.25, 0.3) is 0 Å². The Balaban J connectivity index is 3.72. The van der Waals surface area contributed by atoms with Crippen molar-refractivity contribution in [2.24, 2.45) is 11.8 Å². The lowest BCUT2D eigenvalue weighted by Crippen LogP contribution is -2.03. The molecular formula is C9H14N2. The molecule has 0 radical (unpaired) electrons. The molecule has 0 bridgehead atoms. The molecule has 0 aliphatic carbocycles. The molecule has 60 valence electrons. The van der Waals surface area contributed by atoms with Gasteiger partial charge < -0.3 is 0 Å². The number of nitriles is 2. The molecule has 0 amide bonds. The normalized spacial score (nSPS) is 14.5. The van der Waals surface area contributed by atoms with E-state index in [-0.39, 0.29) is 5.92 Å². The van der Waals surface area contributed by atoms with E-state index in [1.165, 1.54) is 0 Å². The second kappa shape index (κ2) is 5.74. The van der Waals surface area contributed by atoms with Crippen LogP contribution in [0, 0.1) is 34.5 Å². The molecule has 2 atom stereocenters. The summed E-state index contributed by atoms with van der Waals surface area (Å²) in [6.45, 7) is 3.96. The van der Waals surface area contributed by atoms with Gasteiger partial charge in [0.05, 0.1) is 12.1 Å². The predicted octanol–water partition coefficient (Wildman–Crippen LogP) is 2.48. The summed E-state index contributed by atoms with van der Waals surface area (Å²) in [5, 5.41) is 16.9. The van der Waals surface area contributed by atoms with Crippen LogP contribution < -0.4 is 0 Å². The molecule has 2 unspecified atom stereocenters. The number of hydrogen-bond donors (Lipinski definition) is 0. The smallest absolute Gasteiger partial charge is 0.0652 e. The van der Waals surface area contributed by atoms with Gasteiger partial charge in [-0.15, -0.1) is 0 Å². The van der Waals surface area contributed by atoms with Crippen LogP contribution in [-0.4, -0.2) is 0 Å². The van der Waals surface area contributed by atoms with Crippen LogP contribution in [0.2, 0.25) is 0 Å². The van der Waals surface area contributed by atoms with Crippen molar-refractivity contribution in [3.05, 3.63) is 0 Å². The monoisotopic (exact) mass is 150 g/mol. The molecule has 2 heteroatoms. The Morgan fingerprint density at radius 2 is 2.00 bits per heavy atom. The highest BCUT2D eigenvalue weighted by Crippen LogP contribution is 2.17. The highest BCUT2D eigenvalue weighted by Gasteiger charge is 2.09. The molecule has 0 saturated carbocycles. The van der Waals surface area contributed by atoms with E-state index < -0.39 is 0 Å². The molecule has 0 saturated heterocycles. The zero-order chi connectivity index (χ0) is 8.69. The first-order valence-corrected chi connectivity index (χ1v) is 4.01. The maximum absolute atomic E-state index is 8.51. The van der Waals surface area contributed by atoms with Crippen molar-refractivity contribution < 1.29 is 0 Å². The van der Waals surface area contributed by atoms with Crippen molar-refractivity contribution >= 4 is 0 Å². The third-order valence-corrected chi connectivity index (χ3v) is 1.86. The third kappa shape index (κ3) is 4.39. The minimum Gasteiger partial charge on any atom is -0.198 e. The molecule has 0 heterocycles. The second-order valence-corrected chi connectivity index (χ2v) is 2.90. The van der Waals surface area contributed by atoms with Crippen molar-refractivity contribution in [2.75, 3.05) is 0 Å². The van der Waals surface area contributed by atoms with E-state index in [4.69, 9.17) is 10.5 Å². The first kappa shape index (κ1) is 9.98. The molecule has 2 nitrogen and oxygen atoms in total. The van der Waals surface area contributed by atoms with Crippen molar-refractivity contribution in [3.63, 3.8) is 0 Å². The highest BCUT2D eigenvalue weighted by molar-refractivity contribution is 4.83. The van der Waals surface area contributed by atoms with Gasteiger partial charge in [0.15, 0.2) is 0 Å². The molecule has 0 aromatic carbocycles. The fourth-order valence-corrected chi connectivity index (χ4v) is 1.08. The van der Waals surface area contributed by atoms with Gasteiger partial charge in [-0.3, -0.25) is 0 Å². The first-order valence-electron chi connectivity index (χ1n) is 4.01. The highest BCUT2D eigenvalue weighted by atomic mass is 14.3.